The number of ether oxygens (including phenoxy) is 2. The molecular weight excluding hydrogens is 541 g/mol. The summed E-state index contributed by atoms with van der Waals surface area (Å²) in [5.74, 6) is 0.537. The molecule has 1 unspecified atom stereocenters. The Morgan fingerprint density at radius 3 is 2.41 bits per heavy atom. The molecule has 1 aromatic heterocycles. The number of nitrogens with one attached hydrogen (secondary N) is 1. The van der Waals surface area contributed by atoms with Crippen molar-refractivity contribution < 1.29 is 37.3 Å². The molecule has 0 bridgehead atoms. The van der Waals surface area contributed by atoms with E-state index in [4.69, 9.17) is 9.47 Å². The van der Waals surface area contributed by atoms with Crippen molar-refractivity contribution in [1.82, 2.24) is 14.9 Å². The zero-order chi connectivity index (χ0) is 29.1. The van der Waals surface area contributed by atoms with Gasteiger partial charge in [0.1, 0.15) is 12.4 Å². The smallest absolute Gasteiger partial charge is 0.416 e. The molecule has 1 saturated heterocycles. The lowest BCUT2D eigenvalue weighted by atomic mass is 10.1. The van der Waals surface area contributed by atoms with E-state index in [9.17, 15) is 27.9 Å². The summed E-state index contributed by atoms with van der Waals surface area (Å²) in [5.41, 5.74) is 2.18. The summed E-state index contributed by atoms with van der Waals surface area (Å²) < 4.78 is 49.9. The van der Waals surface area contributed by atoms with Gasteiger partial charge in [-0.15, -0.1) is 0 Å². The Bertz CT molecular complexity index is 1580. The summed E-state index contributed by atoms with van der Waals surface area (Å²) in [5, 5.41) is 12.7. The van der Waals surface area contributed by atoms with Gasteiger partial charge in [-0.3, -0.25) is 4.79 Å². The first kappa shape index (κ1) is 27.7. The molecule has 5 rings (SSSR count). The zero-order valence-electron chi connectivity index (χ0n) is 21.8. The zero-order valence-corrected chi connectivity index (χ0v) is 21.8. The van der Waals surface area contributed by atoms with Gasteiger partial charge in [0.05, 0.1) is 36.8 Å². The molecule has 2 heterocycles. The minimum atomic E-state index is -4.43. The quantitative estimate of drug-likeness (QED) is 0.298. The molecule has 0 saturated carbocycles. The molecular formula is C29H25F3N4O5. The van der Waals surface area contributed by atoms with Gasteiger partial charge in [-0.2, -0.15) is 13.2 Å². The molecule has 1 atom stereocenters. The van der Waals surface area contributed by atoms with Crippen LogP contribution in [0.3, 0.4) is 0 Å². The second-order valence-electron chi connectivity index (χ2n) is 9.50. The maximum atomic E-state index is 12.8. The lowest BCUT2D eigenvalue weighted by molar-refractivity contribution is -0.137. The topological polar surface area (TPSA) is 114 Å². The summed E-state index contributed by atoms with van der Waals surface area (Å²) in [7, 11) is 1.51. The third-order valence-electron chi connectivity index (χ3n) is 6.72. The number of benzene rings is 3. The molecule has 1 aliphatic rings. The molecule has 9 nitrogen and oxygen atoms in total. The predicted molar refractivity (Wildman–Crippen MR) is 144 cm³/mol. The standard InChI is InChI=1S/C29H25F3N4O5/c1-40-24-14-23-22(13-25(24)41-21-10-11-36(15-21)28(38)39)27(34-16-33-23)18-4-8-20(9-5-18)35-26(37)12-17-2-6-19(7-3-17)29(30,31)32/h2-9,13-14,16,21H,10-12,15H2,1H3,(H,35,37)(H,38,39). The van der Waals surface area contributed by atoms with Crippen molar-refractivity contribution >= 4 is 28.6 Å². The van der Waals surface area contributed by atoms with E-state index in [0.717, 1.165) is 17.7 Å². The number of aromatic nitrogens is 2. The van der Waals surface area contributed by atoms with Crippen molar-refractivity contribution in [2.45, 2.75) is 25.1 Å². The number of carbonyl (C=O) groups excluding carboxylic acids is 1. The van der Waals surface area contributed by atoms with Crippen LogP contribution in [0.15, 0.2) is 67.0 Å². The molecule has 3 aromatic carbocycles. The van der Waals surface area contributed by atoms with Crippen LogP contribution in [-0.2, 0) is 17.4 Å². The van der Waals surface area contributed by atoms with E-state index in [-0.39, 0.29) is 25.0 Å². The van der Waals surface area contributed by atoms with Gasteiger partial charge in [-0.05, 0) is 35.9 Å². The van der Waals surface area contributed by atoms with Crippen LogP contribution < -0.4 is 14.8 Å². The van der Waals surface area contributed by atoms with Gasteiger partial charge in [0.2, 0.25) is 5.91 Å². The van der Waals surface area contributed by atoms with Crippen LogP contribution >= 0.6 is 0 Å². The molecule has 12 heteroatoms. The highest BCUT2D eigenvalue weighted by Crippen LogP contribution is 2.37. The van der Waals surface area contributed by atoms with Gasteiger partial charge in [0.25, 0.3) is 0 Å². The van der Waals surface area contributed by atoms with Crippen molar-refractivity contribution in [3.05, 3.63) is 78.1 Å². The van der Waals surface area contributed by atoms with Crippen LogP contribution in [0, 0.1) is 0 Å². The molecule has 2 amide bonds. The van der Waals surface area contributed by atoms with E-state index in [1.807, 2.05) is 0 Å². The number of fused-ring (bicyclic) bond motifs is 1. The molecule has 4 aromatic rings. The van der Waals surface area contributed by atoms with E-state index in [1.54, 1.807) is 36.4 Å². The Labute approximate surface area is 232 Å². The Kier molecular flexibility index (Phi) is 7.64. The first-order valence-electron chi connectivity index (χ1n) is 12.6. The highest BCUT2D eigenvalue weighted by molar-refractivity contribution is 5.95. The average Bonchev–Trinajstić information content (AvgIpc) is 3.41. The predicted octanol–water partition coefficient (Wildman–Crippen LogP) is 5.64. The maximum Gasteiger partial charge on any atom is 0.416 e. The van der Waals surface area contributed by atoms with Gasteiger partial charge < -0.3 is 24.8 Å². The van der Waals surface area contributed by atoms with E-state index in [2.05, 4.69) is 15.3 Å². The molecule has 2 N–H and O–H groups in total. The Morgan fingerprint density at radius 1 is 1.05 bits per heavy atom. The third-order valence-corrected chi connectivity index (χ3v) is 6.72. The molecule has 212 valence electrons. The van der Waals surface area contributed by atoms with Gasteiger partial charge in [-0.25, -0.2) is 14.8 Å². The fourth-order valence-electron chi connectivity index (χ4n) is 4.64. The number of methoxy groups -OCH3 is 1. The van der Waals surface area contributed by atoms with Crippen LogP contribution in [0.25, 0.3) is 22.2 Å². The number of alkyl halides is 3. The van der Waals surface area contributed by atoms with Gasteiger partial charge in [0, 0.05) is 35.7 Å². The SMILES string of the molecule is COc1cc2ncnc(-c3ccc(NC(=O)Cc4ccc(C(F)(F)F)cc4)cc3)c2cc1OC1CCN(C(=O)O)C1. The molecule has 1 aliphatic heterocycles. The van der Waals surface area contributed by atoms with Crippen LogP contribution in [0.4, 0.5) is 23.7 Å². The lowest BCUT2D eigenvalue weighted by Crippen LogP contribution is -2.29. The summed E-state index contributed by atoms with van der Waals surface area (Å²) in [6.07, 6.45) is -3.84. The van der Waals surface area contributed by atoms with Gasteiger partial charge >= 0.3 is 12.3 Å². The Morgan fingerprint density at radius 2 is 1.78 bits per heavy atom. The summed E-state index contributed by atoms with van der Waals surface area (Å²) in [4.78, 5) is 33.9. The van der Waals surface area contributed by atoms with E-state index in [1.165, 1.54) is 30.5 Å². The van der Waals surface area contributed by atoms with Gasteiger partial charge in [0.15, 0.2) is 11.5 Å². The fourth-order valence-corrected chi connectivity index (χ4v) is 4.64. The number of hydrogen-bond acceptors (Lipinski definition) is 6. The number of carboxylic acid groups (broad SMARTS) is 1. The number of nitrogens with zero attached hydrogens (tertiary/aromatic N) is 3. The highest BCUT2D eigenvalue weighted by atomic mass is 19.4. The van der Waals surface area contributed by atoms with Crippen LogP contribution in [0.5, 0.6) is 11.5 Å². The number of halogens is 3. The fraction of sp³-hybridized carbons (Fsp3) is 0.241. The maximum absolute atomic E-state index is 12.8. The van der Waals surface area contributed by atoms with Crippen LogP contribution in [0.1, 0.15) is 17.5 Å². The highest BCUT2D eigenvalue weighted by Gasteiger charge is 2.30. The second kappa shape index (κ2) is 11.3. The lowest BCUT2D eigenvalue weighted by Gasteiger charge is -2.18. The van der Waals surface area contributed by atoms with Crippen molar-refractivity contribution in [2.75, 3.05) is 25.5 Å². The van der Waals surface area contributed by atoms with E-state index in [0.29, 0.717) is 52.3 Å². The Hall–Kier alpha value is -4.87. The van der Waals surface area contributed by atoms with Crippen LogP contribution in [0.2, 0.25) is 0 Å². The molecule has 1 fully saturated rings. The minimum absolute atomic E-state index is 0.0771. The first-order valence-corrected chi connectivity index (χ1v) is 12.6. The molecule has 0 radical (unpaired) electrons. The second-order valence-corrected chi connectivity index (χ2v) is 9.50. The third kappa shape index (κ3) is 6.32. The first-order chi connectivity index (χ1) is 19.6. The number of anilines is 1. The Balaban J connectivity index is 1.32. The molecule has 41 heavy (non-hydrogen) atoms. The van der Waals surface area contributed by atoms with Crippen LogP contribution in [-0.4, -0.2) is 58.3 Å². The van der Waals surface area contributed by atoms with Crippen molar-refractivity contribution in [3.63, 3.8) is 0 Å². The summed E-state index contributed by atoms with van der Waals surface area (Å²) in [6, 6.07) is 14.9. The number of amides is 2. The average molecular weight is 567 g/mol. The van der Waals surface area contributed by atoms with E-state index >= 15 is 0 Å². The number of likely N-dealkylation sites (tertiary alicyclic amines) is 1. The number of hydrogen-bond donors (Lipinski definition) is 2. The summed E-state index contributed by atoms with van der Waals surface area (Å²) >= 11 is 0. The van der Waals surface area contributed by atoms with Crippen molar-refractivity contribution in [2.24, 2.45) is 0 Å². The van der Waals surface area contributed by atoms with Gasteiger partial charge in [-0.1, -0.05) is 24.3 Å². The molecule has 0 aliphatic carbocycles. The number of carbonyl (C=O) groups is 2. The monoisotopic (exact) mass is 566 g/mol. The largest absolute Gasteiger partial charge is 0.493 e. The van der Waals surface area contributed by atoms with Crippen molar-refractivity contribution in [1.29, 1.82) is 0 Å². The van der Waals surface area contributed by atoms with E-state index < -0.39 is 17.8 Å². The number of rotatable bonds is 7. The van der Waals surface area contributed by atoms with Crippen molar-refractivity contribution in [3.8, 4) is 22.8 Å². The molecule has 0 spiro atoms. The summed E-state index contributed by atoms with van der Waals surface area (Å²) in [6.45, 7) is 0.637. The normalized spacial score (nSPS) is 15.1. The minimum Gasteiger partial charge on any atom is -0.493 e.